The summed E-state index contributed by atoms with van der Waals surface area (Å²) in [4.78, 5) is 0.898. The molecule has 1 aromatic heterocycles. The van der Waals surface area contributed by atoms with Crippen LogP contribution in [0.2, 0.25) is 0 Å². The van der Waals surface area contributed by atoms with Crippen LogP contribution in [0, 0.1) is 0 Å². The number of sulfonamides is 1. The van der Waals surface area contributed by atoms with E-state index in [2.05, 4.69) is 0 Å². The number of unbranched alkanes of at least 4 members (excludes halogenated alkanes) is 1. The number of aliphatic hydroxyl groups is 1. The third kappa shape index (κ3) is 3.77. The first kappa shape index (κ1) is 14.6. The molecule has 0 aromatic carbocycles. The van der Waals surface area contributed by atoms with E-state index >= 15 is 0 Å². The van der Waals surface area contributed by atoms with Crippen molar-refractivity contribution < 1.29 is 13.5 Å². The van der Waals surface area contributed by atoms with Gasteiger partial charge in [0.15, 0.2) is 0 Å². The normalized spacial score (nSPS) is 12.2. The molecule has 17 heavy (non-hydrogen) atoms. The average Bonchev–Trinajstić information content (AvgIpc) is 2.75. The Kier molecular flexibility index (Phi) is 5.58. The van der Waals surface area contributed by atoms with E-state index in [4.69, 9.17) is 5.11 Å². The molecule has 0 unspecified atom stereocenters. The molecular formula is C11H19NO3S2. The average molecular weight is 277 g/mol. The van der Waals surface area contributed by atoms with Gasteiger partial charge in [-0.1, -0.05) is 13.3 Å². The molecule has 1 N–H and O–H groups in total. The van der Waals surface area contributed by atoms with Crippen molar-refractivity contribution in [2.24, 2.45) is 0 Å². The van der Waals surface area contributed by atoms with Crippen molar-refractivity contribution >= 4 is 21.4 Å². The fourth-order valence-electron chi connectivity index (χ4n) is 1.40. The van der Waals surface area contributed by atoms with Gasteiger partial charge in [-0.15, -0.1) is 11.3 Å². The van der Waals surface area contributed by atoms with Crippen molar-refractivity contribution in [3.05, 3.63) is 17.0 Å². The van der Waals surface area contributed by atoms with Gasteiger partial charge >= 0.3 is 0 Å². The van der Waals surface area contributed by atoms with Crippen molar-refractivity contribution in [1.29, 1.82) is 0 Å². The van der Waals surface area contributed by atoms with Crippen LogP contribution in [0.1, 0.15) is 24.6 Å². The zero-order chi connectivity index (χ0) is 12.9. The molecule has 4 nitrogen and oxygen atoms in total. The number of thiophene rings is 1. The predicted octanol–water partition coefficient (Wildman–Crippen LogP) is 1.70. The third-order valence-electron chi connectivity index (χ3n) is 2.49. The van der Waals surface area contributed by atoms with Crippen LogP contribution >= 0.6 is 11.3 Å². The molecule has 0 aliphatic rings. The Morgan fingerprint density at radius 1 is 1.41 bits per heavy atom. The largest absolute Gasteiger partial charge is 0.396 e. The Morgan fingerprint density at radius 2 is 2.12 bits per heavy atom. The van der Waals surface area contributed by atoms with E-state index in [1.54, 1.807) is 19.2 Å². The summed E-state index contributed by atoms with van der Waals surface area (Å²) in [6.45, 7) is 2.63. The molecule has 6 heteroatoms. The minimum absolute atomic E-state index is 0.0473. The smallest absolute Gasteiger partial charge is 0.252 e. The lowest BCUT2D eigenvalue weighted by Crippen LogP contribution is -2.27. The third-order valence-corrected chi connectivity index (χ3v) is 5.96. The topological polar surface area (TPSA) is 57.6 Å². The lowest BCUT2D eigenvalue weighted by molar-refractivity contribution is 0.300. The summed E-state index contributed by atoms with van der Waals surface area (Å²) in [5.41, 5.74) is 0. The Bertz CT molecular complexity index is 439. The van der Waals surface area contributed by atoms with Crippen LogP contribution in [0.3, 0.4) is 0 Å². The standard InChI is InChI=1S/C11H19NO3S2/c1-3-4-8-12(2)17(14,15)11-6-5-10(16-11)7-9-13/h5-6,13H,3-4,7-9H2,1-2H3. The summed E-state index contributed by atoms with van der Waals surface area (Å²) >= 11 is 1.24. The SMILES string of the molecule is CCCCN(C)S(=O)(=O)c1ccc(CCO)s1. The summed E-state index contributed by atoms with van der Waals surface area (Å²) in [7, 11) is -1.73. The monoisotopic (exact) mass is 277 g/mol. The molecule has 1 rings (SSSR count). The first-order valence-corrected chi connectivity index (χ1v) is 7.94. The maximum Gasteiger partial charge on any atom is 0.252 e. The maximum atomic E-state index is 12.1. The molecule has 0 bridgehead atoms. The lowest BCUT2D eigenvalue weighted by atomic mass is 10.3. The van der Waals surface area contributed by atoms with Gasteiger partial charge in [-0.25, -0.2) is 12.7 Å². The van der Waals surface area contributed by atoms with Crippen molar-refractivity contribution in [3.8, 4) is 0 Å². The van der Waals surface area contributed by atoms with E-state index in [9.17, 15) is 8.42 Å². The van der Waals surface area contributed by atoms with Crippen molar-refractivity contribution in [2.45, 2.75) is 30.4 Å². The van der Waals surface area contributed by atoms with Gasteiger partial charge in [0.2, 0.25) is 0 Å². The maximum absolute atomic E-state index is 12.1. The van der Waals surface area contributed by atoms with Crippen LogP contribution in [-0.2, 0) is 16.4 Å². The van der Waals surface area contributed by atoms with Gasteiger partial charge in [0.05, 0.1) is 0 Å². The highest BCUT2D eigenvalue weighted by atomic mass is 32.2. The highest BCUT2D eigenvalue weighted by Gasteiger charge is 2.21. The number of hydrogen-bond donors (Lipinski definition) is 1. The van der Waals surface area contributed by atoms with Crippen molar-refractivity contribution in [2.75, 3.05) is 20.2 Å². The molecule has 1 heterocycles. The van der Waals surface area contributed by atoms with Crippen LogP contribution in [0.15, 0.2) is 16.3 Å². The second kappa shape index (κ2) is 6.49. The van der Waals surface area contributed by atoms with E-state index < -0.39 is 10.0 Å². The molecule has 0 atom stereocenters. The molecular weight excluding hydrogens is 258 g/mol. The molecule has 0 spiro atoms. The quantitative estimate of drug-likeness (QED) is 0.825. The molecule has 98 valence electrons. The van der Waals surface area contributed by atoms with Crippen molar-refractivity contribution in [1.82, 2.24) is 4.31 Å². The fourth-order valence-corrected chi connectivity index (χ4v) is 4.16. The molecule has 0 fully saturated rings. The Labute approximate surface area is 107 Å². The number of aliphatic hydroxyl groups excluding tert-OH is 1. The molecule has 0 saturated carbocycles. The van der Waals surface area contributed by atoms with Crippen LogP contribution in [-0.4, -0.2) is 38.0 Å². The predicted molar refractivity (Wildman–Crippen MR) is 69.8 cm³/mol. The fraction of sp³-hybridized carbons (Fsp3) is 0.636. The van der Waals surface area contributed by atoms with Gasteiger partial charge in [0.1, 0.15) is 4.21 Å². The lowest BCUT2D eigenvalue weighted by Gasteiger charge is -2.15. The summed E-state index contributed by atoms with van der Waals surface area (Å²) in [5, 5.41) is 8.80. The van der Waals surface area contributed by atoms with Gasteiger partial charge in [0, 0.05) is 31.5 Å². The number of rotatable bonds is 7. The van der Waals surface area contributed by atoms with E-state index in [1.807, 2.05) is 6.92 Å². The highest BCUT2D eigenvalue weighted by molar-refractivity contribution is 7.91. The zero-order valence-corrected chi connectivity index (χ0v) is 11.9. The molecule has 0 aliphatic heterocycles. The summed E-state index contributed by atoms with van der Waals surface area (Å²) in [6.07, 6.45) is 2.35. The van der Waals surface area contributed by atoms with Crippen LogP contribution in [0.5, 0.6) is 0 Å². The van der Waals surface area contributed by atoms with E-state index in [0.717, 1.165) is 17.7 Å². The highest BCUT2D eigenvalue weighted by Crippen LogP contribution is 2.24. The zero-order valence-electron chi connectivity index (χ0n) is 10.2. The first-order valence-electron chi connectivity index (χ1n) is 5.68. The Hall–Kier alpha value is -0.430. The molecule has 0 amide bonds. The summed E-state index contributed by atoms with van der Waals surface area (Å²) in [6, 6.07) is 3.38. The van der Waals surface area contributed by atoms with Gasteiger partial charge < -0.3 is 5.11 Å². The van der Waals surface area contributed by atoms with E-state index in [0.29, 0.717) is 17.2 Å². The molecule has 1 aromatic rings. The molecule has 0 saturated heterocycles. The van der Waals surface area contributed by atoms with Crippen LogP contribution < -0.4 is 0 Å². The minimum atomic E-state index is -3.34. The van der Waals surface area contributed by atoms with Crippen LogP contribution in [0.4, 0.5) is 0 Å². The van der Waals surface area contributed by atoms with Gasteiger partial charge in [-0.2, -0.15) is 0 Å². The number of hydrogen-bond acceptors (Lipinski definition) is 4. The second-order valence-corrected chi connectivity index (χ2v) is 7.31. The second-order valence-electron chi connectivity index (χ2n) is 3.87. The summed E-state index contributed by atoms with van der Waals surface area (Å²) < 4.78 is 26.0. The van der Waals surface area contributed by atoms with Gasteiger partial charge in [-0.05, 0) is 18.6 Å². The summed E-state index contributed by atoms with van der Waals surface area (Å²) in [5.74, 6) is 0. The number of nitrogens with zero attached hydrogens (tertiary/aromatic N) is 1. The molecule has 0 radical (unpaired) electrons. The van der Waals surface area contributed by atoms with E-state index in [1.165, 1.54) is 15.6 Å². The van der Waals surface area contributed by atoms with E-state index in [-0.39, 0.29) is 6.61 Å². The van der Waals surface area contributed by atoms with Gasteiger partial charge in [0.25, 0.3) is 10.0 Å². The molecule has 0 aliphatic carbocycles. The van der Waals surface area contributed by atoms with Crippen molar-refractivity contribution in [3.63, 3.8) is 0 Å². The minimum Gasteiger partial charge on any atom is -0.396 e. The first-order chi connectivity index (χ1) is 8.02. The van der Waals surface area contributed by atoms with Gasteiger partial charge in [-0.3, -0.25) is 0 Å². The van der Waals surface area contributed by atoms with Crippen LogP contribution in [0.25, 0.3) is 0 Å². The Balaban J connectivity index is 2.81. The Morgan fingerprint density at radius 3 is 2.71 bits per heavy atom.